The molecule has 0 spiro atoms. The number of rotatable bonds is 27. The van der Waals surface area contributed by atoms with Crippen LogP contribution in [0, 0.1) is 30.6 Å². The fourth-order valence-corrected chi connectivity index (χ4v) is 15.6. The summed E-state index contributed by atoms with van der Waals surface area (Å²) in [6, 6.07) is 33.0. The number of imidazole rings is 4. The fourth-order valence-electron chi connectivity index (χ4n) is 14.8. The van der Waals surface area contributed by atoms with E-state index >= 15 is 0 Å². The van der Waals surface area contributed by atoms with Gasteiger partial charge in [-0.1, -0.05) is 0 Å². The summed E-state index contributed by atoms with van der Waals surface area (Å²) in [5.41, 5.74) is 17.0. The van der Waals surface area contributed by atoms with Gasteiger partial charge >= 0.3 is 0 Å². The summed E-state index contributed by atoms with van der Waals surface area (Å²) in [5, 5.41) is 86.6. The van der Waals surface area contributed by atoms with Gasteiger partial charge in [-0.15, -0.1) is 40.8 Å². The Hall–Kier alpha value is -16.0. The van der Waals surface area contributed by atoms with Gasteiger partial charge in [0.2, 0.25) is 23.6 Å². The molecule has 20 heterocycles. The maximum atomic E-state index is 12.0. The lowest BCUT2D eigenvalue weighted by atomic mass is 10.1. The zero-order valence-corrected chi connectivity index (χ0v) is 71.7. The third-order valence-corrected chi connectivity index (χ3v) is 23.3. The number of aliphatic hydroxyl groups is 1. The standard InChI is InChI=1S/C24H25N9O3.C22H21N9O2.C21H19N9O.C21H18N8OS/c1-35-8-9-36-15-31-12-18(11-25-31)17-4-6-22-28-29-23(32(22)13-17)10-19-5-7-21-26-20(14-33(21)30-19)27-24(34)16-2-3-16;32-8-7-29-11-16(10-23-29)15-3-5-20-26-27-21(30(20)12-15)9-17-4-6-19-24-18(13-31(19)28-17)25-22(33)14-1-2-14;1-28-10-15(9-22-28)14-4-6-19-25-26-20(29(19)11-14)8-16-5-7-18-23-17(12-30(18)27-16)24-21(31)13-2-3-13;1-12-8-16(31-27-12)14-4-6-19-24-25-20(28(19)10-14)9-15-5-7-18-22-17(11-29(18)26-15)23-21(30)13-2-3-13/h4-7,11-14,16H,2-3,8-10,15H2,1H3,(H,27,34);3-6,10-14,32H,1-2,7-9H2,(H,25,33);4-7,9-13H,2-3,8H2,1H3,(H,24,31);4-8,10-11,13H,2-3,9H2,1H3,(H,23,30). The van der Waals surface area contributed by atoms with Crippen LogP contribution in [0.5, 0.6) is 0 Å². The molecule has 0 radical (unpaired) electrons. The van der Waals surface area contributed by atoms with E-state index in [0.29, 0.717) is 98.0 Å². The number of aliphatic hydroxyl groups excluding tert-OH is 1. The van der Waals surface area contributed by atoms with Gasteiger partial charge in [0.25, 0.3) is 0 Å². The number of fused-ring (bicyclic) bond motifs is 8. The molecule has 4 saturated carbocycles. The normalized spacial score (nSPS) is 13.7. The molecule has 20 aromatic heterocycles. The van der Waals surface area contributed by atoms with Crippen LogP contribution >= 0.6 is 11.5 Å². The van der Waals surface area contributed by atoms with Crippen molar-refractivity contribution in [1.29, 1.82) is 0 Å². The quantitative estimate of drug-likeness (QED) is 0.0300. The van der Waals surface area contributed by atoms with Crippen molar-refractivity contribution in [3.05, 3.63) is 242 Å². The second kappa shape index (κ2) is 35.3. The number of ether oxygens (including phenoxy) is 2. The van der Waals surface area contributed by atoms with E-state index in [4.69, 9.17) is 14.6 Å². The van der Waals surface area contributed by atoms with Crippen LogP contribution < -0.4 is 21.3 Å². The minimum absolute atomic E-state index is 0.0197. The second-order valence-electron chi connectivity index (χ2n) is 32.6. The summed E-state index contributed by atoms with van der Waals surface area (Å²) in [6.07, 6.45) is 35.8. The van der Waals surface area contributed by atoms with Gasteiger partial charge in [-0.2, -0.15) is 40.1 Å². The maximum absolute atomic E-state index is 12.0. The minimum atomic E-state index is 0.0197. The van der Waals surface area contributed by atoms with Crippen molar-refractivity contribution >= 4 is 104 Å². The van der Waals surface area contributed by atoms with E-state index in [1.807, 2.05) is 178 Å². The number of hydrogen-bond donors (Lipinski definition) is 5. The van der Waals surface area contributed by atoms with Crippen LogP contribution in [-0.4, -0.2) is 206 Å². The van der Waals surface area contributed by atoms with Crippen LogP contribution in [0.3, 0.4) is 0 Å². The number of carbonyl (C=O) groups is 4. The van der Waals surface area contributed by atoms with Crippen molar-refractivity contribution in [2.45, 2.75) is 97.2 Å². The topological polar surface area (TPSA) is 463 Å². The van der Waals surface area contributed by atoms with Crippen molar-refractivity contribution in [1.82, 2.24) is 150 Å². The van der Waals surface area contributed by atoms with E-state index in [2.05, 4.69) is 128 Å². The Bertz CT molecular complexity index is 7470. The fraction of sp³-hybridized carbons (Fsp3) is 0.273. The Balaban J connectivity index is 0.000000106. The molecule has 0 aromatic carbocycles. The van der Waals surface area contributed by atoms with Crippen molar-refractivity contribution in [3.8, 4) is 43.8 Å². The summed E-state index contributed by atoms with van der Waals surface area (Å²) < 4.78 is 34.7. The Labute approximate surface area is 745 Å². The average Bonchev–Trinajstić information content (AvgIpc) is 1.66. The molecule has 0 aliphatic heterocycles. The molecule has 43 heteroatoms. The van der Waals surface area contributed by atoms with Crippen molar-refractivity contribution in [2.24, 2.45) is 30.7 Å². The lowest BCUT2D eigenvalue weighted by Crippen LogP contribution is -2.13. The van der Waals surface area contributed by atoms with Crippen LogP contribution in [0.2, 0.25) is 0 Å². The molecule has 4 aliphatic rings. The van der Waals surface area contributed by atoms with E-state index in [1.165, 1.54) is 11.5 Å². The molecule has 0 bridgehead atoms. The van der Waals surface area contributed by atoms with Crippen molar-refractivity contribution in [2.75, 3.05) is 48.2 Å². The van der Waals surface area contributed by atoms with Gasteiger partial charge in [-0.25, -0.2) is 42.7 Å². The molecule has 5 N–H and O–H groups in total. The molecule has 20 aromatic rings. The zero-order chi connectivity index (χ0) is 88.7. The molecule has 24 rings (SSSR count). The number of methoxy groups -OCH3 is 1. The van der Waals surface area contributed by atoms with E-state index in [9.17, 15) is 19.2 Å². The molecule has 0 atom stereocenters. The first kappa shape index (κ1) is 82.0. The van der Waals surface area contributed by atoms with Gasteiger partial charge in [0, 0.05) is 120 Å². The number of aryl methyl sites for hydroxylation is 2. The van der Waals surface area contributed by atoms with Crippen molar-refractivity contribution in [3.63, 3.8) is 0 Å². The van der Waals surface area contributed by atoms with Gasteiger partial charge < -0.3 is 35.8 Å². The van der Waals surface area contributed by atoms with Crippen LogP contribution in [0.1, 0.15) is 103 Å². The Morgan fingerprint density at radius 2 is 0.725 bits per heavy atom. The number of carbonyl (C=O) groups excluding carboxylic acids is 4. The van der Waals surface area contributed by atoms with E-state index in [1.54, 1.807) is 76.4 Å². The van der Waals surface area contributed by atoms with Gasteiger partial charge in [0.05, 0.1) is 129 Å². The molecule has 0 saturated heterocycles. The smallest absolute Gasteiger partial charge is 0.228 e. The number of amides is 4. The molecular weight excluding hydrogens is 1690 g/mol. The number of hydrogen-bond acceptors (Lipinski definition) is 28. The van der Waals surface area contributed by atoms with Gasteiger partial charge in [0.1, 0.15) is 30.0 Å². The largest absolute Gasteiger partial charge is 0.394 e. The highest BCUT2D eigenvalue weighted by Crippen LogP contribution is 2.35. The highest BCUT2D eigenvalue weighted by molar-refractivity contribution is 7.09. The SMILES string of the molecule is COCCOCn1cc(-c2ccc3nnc(Cc4ccc5nc(NC(=O)C6CC6)cn5n4)n3c2)cn1.Cc1cc(-c2ccc3nnc(Cc4ccc5nc(NC(=O)C6CC6)cn5n4)n3c2)sn1.Cn1cc(-c2ccc3nnc(Cc4ccc5nc(NC(=O)C6CC6)cn5n4)n3c2)cn1.O=C(Nc1cn2nc(Cc3nnc4ccc(-c5cnn(CCO)c5)cn34)ccc2n1)C1CC1. The van der Waals surface area contributed by atoms with Crippen molar-refractivity contribution < 1.29 is 33.8 Å². The Morgan fingerprint density at radius 3 is 1.06 bits per heavy atom. The predicted molar refractivity (Wildman–Crippen MR) is 476 cm³/mol. The minimum Gasteiger partial charge on any atom is -0.394 e. The van der Waals surface area contributed by atoms with Gasteiger partial charge in [-0.05, 0) is 173 Å². The van der Waals surface area contributed by atoms with Crippen LogP contribution in [0.25, 0.3) is 89.0 Å². The molecule has 4 aliphatic carbocycles. The monoisotopic (exact) mass is 1770 g/mol. The summed E-state index contributed by atoms with van der Waals surface area (Å²) in [7, 11) is 3.54. The summed E-state index contributed by atoms with van der Waals surface area (Å²) >= 11 is 1.48. The lowest BCUT2D eigenvalue weighted by Gasteiger charge is -2.04. The van der Waals surface area contributed by atoms with E-state index in [-0.39, 0.29) is 53.9 Å². The van der Waals surface area contributed by atoms with E-state index < -0.39 is 0 Å². The van der Waals surface area contributed by atoms with Crippen LogP contribution in [0.15, 0.2) is 190 Å². The molecule has 4 fully saturated rings. The molecular formula is C88H83N35O7S. The van der Waals surface area contributed by atoms with Gasteiger partial charge in [0.15, 0.2) is 68.4 Å². The number of nitrogens with one attached hydrogen (secondary N) is 4. The molecule has 131 heavy (non-hydrogen) atoms. The van der Waals surface area contributed by atoms with Crippen LogP contribution in [-0.2, 0) is 74.7 Å². The third-order valence-electron chi connectivity index (χ3n) is 22.4. The summed E-state index contributed by atoms with van der Waals surface area (Å²) in [4.78, 5) is 66.8. The number of nitrogens with zero attached hydrogens (tertiary/aromatic N) is 31. The third kappa shape index (κ3) is 18.6. The number of aromatic nitrogens is 31. The number of anilines is 4. The highest BCUT2D eigenvalue weighted by Gasteiger charge is 2.33. The van der Waals surface area contributed by atoms with Crippen LogP contribution in [0.4, 0.5) is 23.3 Å². The average molecular weight is 1770 g/mol. The Kier molecular flexibility index (Phi) is 22.1. The first-order valence-corrected chi connectivity index (χ1v) is 43.5. The number of pyridine rings is 4. The molecule has 658 valence electrons. The van der Waals surface area contributed by atoms with Gasteiger partial charge in [-0.3, -0.25) is 46.1 Å². The predicted octanol–water partition coefficient (Wildman–Crippen LogP) is 9.02. The lowest BCUT2D eigenvalue weighted by molar-refractivity contribution is -0.118. The molecule has 42 nitrogen and oxygen atoms in total. The Morgan fingerprint density at radius 1 is 0.389 bits per heavy atom. The summed E-state index contributed by atoms with van der Waals surface area (Å²) in [5.74, 6) is 5.78. The molecule has 0 unspecified atom stereocenters. The second-order valence-corrected chi connectivity index (χ2v) is 33.4. The highest BCUT2D eigenvalue weighted by atomic mass is 32.1. The zero-order valence-electron chi connectivity index (χ0n) is 70.9. The first-order chi connectivity index (χ1) is 64.1. The summed E-state index contributed by atoms with van der Waals surface area (Å²) in [6.45, 7) is 3.90. The van der Waals surface area contributed by atoms with E-state index in [0.717, 1.165) is 170 Å². The molecule has 4 amide bonds. The maximum Gasteiger partial charge on any atom is 0.228 e. The first-order valence-electron chi connectivity index (χ1n) is 42.7.